The first-order chi connectivity index (χ1) is 6.15. The van der Waals surface area contributed by atoms with Gasteiger partial charge in [0.25, 0.3) is 0 Å². The summed E-state index contributed by atoms with van der Waals surface area (Å²) in [5, 5.41) is 0. The van der Waals surface area contributed by atoms with Gasteiger partial charge in [0.2, 0.25) is 0 Å². The molecule has 2 aliphatic rings. The summed E-state index contributed by atoms with van der Waals surface area (Å²) in [4.78, 5) is 2.74. The highest BCUT2D eigenvalue weighted by Gasteiger charge is 2.48. The fraction of sp³-hybridized carbons (Fsp3) is 1.00. The lowest BCUT2D eigenvalue weighted by molar-refractivity contribution is 0.253. The lowest BCUT2D eigenvalue weighted by atomic mass is 9.80. The van der Waals surface area contributed by atoms with Crippen molar-refractivity contribution in [2.75, 3.05) is 17.5 Å². The Kier molecular flexibility index (Phi) is 2.90. The SMILES string of the molecule is CC1(C)CN(CCI)C2CCCC21. The summed E-state index contributed by atoms with van der Waals surface area (Å²) in [5.41, 5.74) is 0.590. The number of likely N-dealkylation sites (tertiary alicyclic amines) is 1. The molecule has 1 saturated heterocycles. The molecule has 0 spiro atoms. The number of halogens is 1. The van der Waals surface area contributed by atoms with E-state index in [4.69, 9.17) is 0 Å². The van der Waals surface area contributed by atoms with E-state index >= 15 is 0 Å². The number of hydrogen-bond acceptors (Lipinski definition) is 1. The van der Waals surface area contributed by atoms with Gasteiger partial charge in [0, 0.05) is 23.6 Å². The highest BCUT2D eigenvalue weighted by molar-refractivity contribution is 14.1. The molecule has 1 heterocycles. The Morgan fingerprint density at radius 3 is 2.85 bits per heavy atom. The molecule has 0 aromatic rings. The molecule has 0 amide bonds. The normalized spacial score (nSPS) is 38.1. The lowest BCUT2D eigenvalue weighted by Gasteiger charge is -2.24. The maximum absolute atomic E-state index is 2.74. The summed E-state index contributed by atoms with van der Waals surface area (Å²) in [6, 6.07) is 0.935. The first kappa shape index (κ1) is 10.2. The van der Waals surface area contributed by atoms with Gasteiger partial charge < -0.3 is 0 Å². The maximum Gasteiger partial charge on any atom is 0.0130 e. The van der Waals surface area contributed by atoms with E-state index in [2.05, 4.69) is 41.3 Å². The number of rotatable bonds is 2. The molecule has 1 aliphatic heterocycles. The fourth-order valence-corrected chi connectivity index (χ4v) is 4.02. The summed E-state index contributed by atoms with van der Waals surface area (Å²) in [7, 11) is 0. The predicted octanol–water partition coefficient (Wildman–Crippen LogP) is 2.93. The minimum atomic E-state index is 0.590. The minimum Gasteiger partial charge on any atom is -0.299 e. The second kappa shape index (κ2) is 3.69. The molecule has 2 unspecified atom stereocenters. The molecular weight excluding hydrogens is 273 g/mol. The van der Waals surface area contributed by atoms with Crippen molar-refractivity contribution in [2.45, 2.75) is 39.2 Å². The van der Waals surface area contributed by atoms with Crippen LogP contribution in [0.2, 0.25) is 0 Å². The molecule has 2 atom stereocenters. The van der Waals surface area contributed by atoms with Gasteiger partial charge in [0.05, 0.1) is 0 Å². The van der Waals surface area contributed by atoms with E-state index in [1.54, 1.807) is 0 Å². The number of fused-ring (bicyclic) bond motifs is 1. The first-order valence-corrected chi connectivity index (χ1v) is 6.98. The van der Waals surface area contributed by atoms with Gasteiger partial charge >= 0.3 is 0 Å². The second-order valence-corrected chi connectivity index (χ2v) is 6.33. The smallest absolute Gasteiger partial charge is 0.0130 e. The summed E-state index contributed by atoms with van der Waals surface area (Å²) < 4.78 is 1.29. The molecule has 2 heteroatoms. The molecule has 0 aromatic heterocycles. The molecule has 1 nitrogen and oxygen atoms in total. The van der Waals surface area contributed by atoms with Crippen molar-refractivity contribution in [3.63, 3.8) is 0 Å². The van der Waals surface area contributed by atoms with Crippen LogP contribution in [0.15, 0.2) is 0 Å². The number of nitrogens with zero attached hydrogens (tertiary/aromatic N) is 1. The molecule has 0 radical (unpaired) electrons. The van der Waals surface area contributed by atoms with Crippen LogP contribution in [0, 0.1) is 11.3 Å². The number of alkyl halides is 1. The van der Waals surface area contributed by atoms with Gasteiger partial charge in [-0.15, -0.1) is 0 Å². The zero-order valence-electron chi connectivity index (χ0n) is 8.72. The predicted molar refractivity (Wildman–Crippen MR) is 65.4 cm³/mol. The Morgan fingerprint density at radius 1 is 1.38 bits per heavy atom. The molecule has 1 aliphatic carbocycles. The van der Waals surface area contributed by atoms with Crippen molar-refractivity contribution in [1.29, 1.82) is 0 Å². The molecule has 76 valence electrons. The summed E-state index contributed by atoms with van der Waals surface area (Å²) in [6.07, 6.45) is 4.41. The van der Waals surface area contributed by atoms with Crippen molar-refractivity contribution < 1.29 is 0 Å². The van der Waals surface area contributed by atoms with E-state index < -0.39 is 0 Å². The average Bonchev–Trinajstić information content (AvgIpc) is 2.57. The standard InChI is InChI=1S/C11H20IN/c1-11(2)8-13(7-6-12)10-5-3-4-9(10)11/h9-10H,3-8H2,1-2H3. The molecule has 13 heavy (non-hydrogen) atoms. The van der Waals surface area contributed by atoms with E-state index in [9.17, 15) is 0 Å². The van der Waals surface area contributed by atoms with Crippen molar-refractivity contribution in [1.82, 2.24) is 4.90 Å². The van der Waals surface area contributed by atoms with E-state index in [1.807, 2.05) is 0 Å². The van der Waals surface area contributed by atoms with Gasteiger partial charge in [0.1, 0.15) is 0 Å². The van der Waals surface area contributed by atoms with Gasteiger partial charge in [-0.05, 0) is 24.2 Å². The van der Waals surface area contributed by atoms with E-state index in [0.717, 1.165) is 12.0 Å². The van der Waals surface area contributed by atoms with Crippen LogP contribution in [0.3, 0.4) is 0 Å². The quantitative estimate of drug-likeness (QED) is 0.559. The van der Waals surface area contributed by atoms with E-state index in [0.29, 0.717) is 5.41 Å². The molecule has 0 N–H and O–H groups in total. The van der Waals surface area contributed by atoms with Crippen LogP contribution >= 0.6 is 22.6 Å². The van der Waals surface area contributed by atoms with Gasteiger partial charge in [-0.3, -0.25) is 4.90 Å². The summed E-state index contributed by atoms with van der Waals surface area (Å²) >= 11 is 2.50. The molecule has 0 bridgehead atoms. The summed E-state index contributed by atoms with van der Waals surface area (Å²) in [6.45, 7) is 7.57. The maximum atomic E-state index is 2.74. The van der Waals surface area contributed by atoms with Crippen molar-refractivity contribution >= 4 is 22.6 Å². The Balaban J connectivity index is 2.09. The molecule has 1 saturated carbocycles. The zero-order chi connectivity index (χ0) is 9.47. The molecular formula is C11H20IN. The highest BCUT2D eigenvalue weighted by Crippen LogP contribution is 2.48. The van der Waals surface area contributed by atoms with Crippen molar-refractivity contribution in [2.24, 2.45) is 11.3 Å². The third-order valence-corrected chi connectivity index (χ3v) is 4.42. The van der Waals surface area contributed by atoms with Crippen LogP contribution in [-0.4, -0.2) is 28.5 Å². The third kappa shape index (κ3) is 1.76. The van der Waals surface area contributed by atoms with Crippen molar-refractivity contribution in [3.05, 3.63) is 0 Å². The van der Waals surface area contributed by atoms with Crippen LogP contribution in [-0.2, 0) is 0 Å². The average molecular weight is 293 g/mol. The van der Waals surface area contributed by atoms with Gasteiger partial charge in [-0.25, -0.2) is 0 Å². The van der Waals surface area contributed by atoms with Crippen LogP contribution in [0.4, 0.5) is 0 Å². The first-order valence-electron chi connectivity index (χ1n) is 5.45. The molecule has 2 fully saturated rings. The van der Waals surface area contributed by atoms with E-state index in [1.165, 1.54) is 36.8 Å². The second-order valence-electron chi connectivity index (χ2n) is 5.25. The van der Waals surface area contributed by atoms with Gasteiger partial charge in [-0.1, -0.05) is 42.9 Å². The Bertz CT molecular complexity index is 191. The van der Waals surface area contributed by atoms with Crippen molar-refractivity contribution in [3.8, 4) is 0 Å². The highest BCUT2D eigenvalue weighted by atomic mass is 127. The number of hydrogen-bond donors (Lipinski definition) is 0. The van der Waals surface area contributed by atoms with E-state index in [-0.39, 0.29) is 0 Å². The van der Waals surface area contributed by atoms with Crippen LogP contribution in [0.5, 0.6) is 0 Å². The zero-order valence-corrected chi connectivity index (χ0v) is 10.9. The van der Waals surface area contributed by atoms with Crippen LogP contribution < -0.4 is 0 Å². The largest absolute Gasteiger partial charge is 0.299 e. The Hall–Kier alpha value is 0.690. The molecule has 2 rings (SSSR count). The van der Waals surface area contributed by atoms with Gasteiger partial charge in [-0.2, -0.15) is 0 Å². The Labute approximate surface area is 95.4 Å². The third-order valence-electron chi connectivity index (χ3n) is 3.93. The van der Waals surface area contributed by atoms with Crippen LogP contribution in [0.25, 0.3) is 0 Å². The van der Waals surface area contributed by atoms with Gasteiger partial charge in [0.15, 0.2) is 0 Å². The fourth-order valence-electron chi connectivity index (χ4n) is 3.40. The summed E-state index contributed by atoms with van der Waals surface area (Å²) in [5.74, 6) is 0.996. The Morgan fingerprint density at radius 2 is 2.15 bits per heavy atom. The van der Waals surface area contributed by atoms with Crippen LogP contribution in [0.1, 0.15) is 33.1 Å². The minimum absolute atomic E-state index is 0.590. The molecule has 0 aromatic carbocycles. The topological polar surface area (TPSA) is 3.24 Å². The monoisotopic (exact) mass is 293 g/mol. The lowest BCUT2D eigenvalue weighted by Crippen LogP contribution is -2.31.